The summed E-state index contributed by atoms with van der Waals surface area (Å²) in [5, 5.41) is 22.9. The van der Waals surface area contributed by atoms with Gasteiger partial charge in [-0.25, -0.2) is 18.6 Å². The van der Waals surface area contributed by atoms with Gasteiger partial charge in [-0.3, -0.25) is 4.98 Å². The van der Waals surface area contributed by atoms with E-state index in [9.17, 15) is 27.1 Å². The molecule has 13 nitrogen and oxygen atoms in total. The number of imidazole rings is 1. The molecule has 0 amide bonds. The van der Waals surface area contributed by atoms with E-state index >= 15 is 0 Å². The number of anilines is 4. The number of pyridine rings is 1. The third-order valence-electron chi connectivity index (χ3n) is 5.10. The maximum atomic E-state index is 14.2. The number of nitrogens with one attached hydrogen (secondary N) is 2. The minimum absolute atomic E-state index is 0.0206. The number of alkyl halides is 3. The molecule has 1 aliphatic rings. The highest BCUT2D eigenvalue weighted by molar-refractivity contribution is 5.73. The standard InChI is InChI=1S/C19H23F2N9O2.C2HF3O2/c1-11(16-14(21)5-12(20)6-22-16)24-17-26-18(25-15-7-29(2)10-23-15)28-19(27-17)30-3-4-32-9-13(30)8-31;3-2(4,5)1(6)7/h5-7,10-11,13,31H,3-4,8-9H2,1-2H3,(H2,24,25,26,27,28);(H,6,7)/t11-,13+;/m0./s1. The molecule has 18 heteroatoms. The van der Waals surface area contributed by atoms with Crippen LogP contribution in [-0.4, -0.2) is 84.3 Å². The van der Waals surface area contributed by atoms with Crippen LogP contribution >= 0.6 is 0 Å². The Balaban J connectivity index is 0.000000532. The average molecular weight is 561 g/mol. The molecule has 0 bridgehead atoms. The van der Waals surface area contributed by atoms with Crippen molar-refractivity contribution in [2.45, 2.75) is 25.2 Å². The monoisotopic (exact) mass is 561 g/mol. The lowest BCUT2D eigenvalue weighted by Crippen LogP contribution is -2.48. The highest BCUT2D eigenvalue weighted by Crippen LogP contribution is 2.23. The van der Waals surface area contributed by atoms with Crippen LogP contribution < -0.4 is 15.5 Å². The van der Waals surface area contributed by atoms with Crippen LogP contribution in [0.15, 0.2) is 24.8 Å². The fourth-order valence-electron chi connectivity index (χ4n) is 3.28. The number of carbonyl (C=O) groups is 1. The fourth-order valence-corrected chi connectivity index (χ4v) is 3.28. The molecule has 4 heterocycles. The van der Waals surface area contributed by atoms with Crippen molar-refractivity contribution in [3.05, 3.63) is 42.1 Å². The lowest BCUT2D eigenvalue weighted by atomic mass is 10.2. The summed E-state index contributed by atoms with van der Waals surface area (Å²) < 4.78 is 66.3. The van der Waals surface area contributed by atoms with Crippen LogP contribution in [0.5, 0.6) is 0 Å². The van der Waals surface area contributed by atoms with Gasteiger partial charge < -0.3 is 35.1 Å². The molecule has 0 spiro atoms. The van der Waals surface area contributed by atoms with E-state index in [1.54, 1.807) is 24.0 Å². The summed E-state index contributed by atoms with van der Waals surface area (Å²) in [6, 6.07) is -0.213. The summed E-state index contributed by atoms with van der Waals surface area (Å²) in [6.45, 7) is 2.77. The molecule has 212 valence electrons. The number of aliphatic hydroxyl groups is 1. The van der Waals surface area contributed by atoms with E-state index < -0.39 is 29.8 Å². The molecule has 3 aromatic rings. The topological polar surface area (TPSA) is 163 Å². The number of aliphatic hydroxyl groups excluding tert-OH is 1. The minimum Gasteiger partial charge on any atom is -0.475 e. The number of nitrogens with zero attached hydrogens (tertiary/aromatic N) is 7. The predicted octanol–water partition coefficient (Wildman–Crippen LogP) is 2.03. The fraction of sp³-hybridized carbons (Fsp3) is 0.429. The van der Waals surface area contributed by atoms with Gasteiger partial charge in [0.1, 0.15) is 11.6 Å². The van der Waals surface area contributed by atoms with Crippen molar-refractivity contribution >= 4 is 29.6 Å². The number of hydrogen-bond donors (Lipinski definition) is 4. The number of rotatable bonds is 7. The molecule has 0 aliphatic carbocycles. The van der Waals surface area contributed by atoms with Gasteiger partial charge in [0.25, 0.3) is 0 Å². The first-order valence-electron chi connectivity index (χ1n) is 11.2. The average Bonchev–Trinajstić information content (AvgIpc) is 3.27. The predicted molar refractivity (Wildman–Crippen MR) is 125 cm³/mol. The molecule has 1 aliphatic heterocycles. The quantitative estimate of drug-likeness (QED) is 0.311. The van der Waals surface area contributed by atoms with Gasteiger partial charge >= 0.3 is 12.1 Å². The summed E-state index contributed by atoms with van der Waals surface area (Å²) in [4.78, 5) is 32.0. The Morgan fingerprint density at radius 3 is 2.51 bits per heavy atom. The Bertz CT molecular complexity index is 1280. The summed E-state index contributed by atoms with van der Waals surface area (Å²) >= 11 is 0. The largest absolute Gasteiger partial charge is 0.490 e. The first kappa shape index (κ1) is 29.4. The van der Waals surface area contributed by atoms with Gasteiger partial charge in [-0.15, -0.1) is 0 Å². The third kappa shape index (κ3) is 8.14. The van der Waals surface area contributed by atoms with Gasteiger partial charge in [0, 0.05) is 25.9 Å². The zero-order chi connectivity index (χ0) is 28.7. The highest BCUT2D eigenvalue weighted by Gasteiger charge is 2.38. The maximum Gasteiger partial charge on any atom is 0.490 e. The Morgan fingerprint density at radius 2 is 1.92 bits per heavy atom. The van der Waals surface area contributed by atoms with Crippen LogP contribution in [0.25, 0.3) is 0 Å². The Kier molecular flexibility index (Phi) is 9.47. The van der Waals surface area contributed by atoms with E-state index in [-0.39, 0.29) is 30.2 Å². The minimum atomic E-state index is -5.08. The van der Waals surface area contributed by atoms with Crippen molar-refractivity contribution in [2.75, 3.05) is 41.9 Å². The number of halogens is 5. The SMILES string of the molecule is C[C@H](Nc1nc(Nc2cn(C)cn2)nc(N2CCOC[C@H]2CO)n1)c1ncc(F)cc1F.O=C(O)C(F)(F)F. The van der Waals surface area contributed by atoms with Crippen LogP contribution in [0.2, 0.25) is 0 Å². The summed E-state index contributed by atoms with van der Waals surface area (Å²) in [6.07, 6.45) is -0.760. The van der Waals surface area contributed by atoms with Crippen molar-refractivity contribution in [1.29, 1.82) is 0 Å². The third-order valence-corrected chi connectivity index (χ3v) is 5.10. The second-order valence-corrected chi connectivity index (χ2v) is 8.13. The Labute approximate surface area is 217 Å². The van der Waals surface area contributed by atoms with Gasteiger partial charge in [-0.1, -0.05) is 0 Å². The molecule has 0 saturated carbocycles. The Hall–Kier alpha value is -4.19. The van der Waals surface area contributed by atoms with Crippen LogP contribution in [0.3, 0.4) is 0 Å². The van der Waals surface area contributed by atoms with Gasteiger partial charge in [0.2, 0.25) is 17.8 Å². The van der Waals surface area contributed by atoms with Crippen molar-refractivity contribution in [3.63, 3.8) is 0 Å². The van der Waals surface area contributed by atoms with E-state index in [0.29, 0.717) is 31.5 Å². The van der Waals surface area contributed by atoms with E-state index in [0.717, 1.165) is 12.3 Å². The molecule has 1 fully saturated rings. The van der Waals surface area contributed by atoms with Crippen molar-refractivity contribution in [2.24, 2.45) is 7.05 Å². The lowest BCUT2D eigenvalue weighted by Gasteiger charge is -2.34. The number of carboxylic acid groups (broad SMARTS) is 1. The van der Waals surface area contributed by atoms with Crippen molar-refractivity contribution < 1.29 is 41.7 Å². The molecule has 3 aromatic heterocycles. The molecule has 2 atom stereocenters. The van der Waals surface area contributed by atoms with Gasteiger partial charge in [0.15, 0.2) is 5.82 Å². The zero-order valence-electron chi connectivity index (χ0n) is 20.5. The second-order valence-electron chi connectivity index (χ2n) is 8.13. The molecule has 1 saturated heterocycles. The summed E-state index contributed by atoms with van der Waals surface area (Å²) in [7, 11) is 1.83. The van der Waals surface area contributed by atoms with Gasteiger partial charge in [-0.2, -0.15) is 28.1 Å². The molecular weight excluding hydrogens is 537 g/mol. The molecule has 4 rings (SSSR count). The van der Waals surface area contributed by atoms with E-state index in [1.807, 2.05) is 11.9 Å². The molecule has 0 aromatic carbocycles. The number of aromatic nitrogens is 6. The molecule has 39 heavy (non-hydrogen) atoms. The summed E-state index contributed by atoms with van der Waals surface area (Å²) in [5.41, 5.74) is 0.0206. The molecule has 4 N–H and O–H groups in total. The number of aryl methyl sites for hydroxylation is 1. The highest BCUT2D eigenvalue weighted by atomic mass is 19.4. The second kappa shape index (κ2) is 12.6. The first-order chi connectivity index (χ1) is 18.4. The van der Waals surface area contributed by atoms with E-state index in [4.69, 9.17) is 14.6 Å². The van der Waals surface area contributed by atoms with Crippen LogP contribution in [0.4, 0.5) is 45.6 Å². The Morgan fingerprint density at radius 1 is 1.23 bits per heavy atom. The summed E-state index contributed by atoms with van der Waals surface area (Å²) in [5.74, 6) is -3.11. The first-order valence-corrected chi connectivity index (χ1v) is 11.2. The van der Waals surface area contributed by atoms with E-state index in [2.05, 4.69) is 35.6 Å². The maximum absolute atomic E-state index is 14.2. The number of carboxylic acids is 1. The number of ether oxygens (including phenoxy) is 1. The molecule has 0 unspecified atom stereocenters. The number of aliphatic carboxylic acids is 1. The lowest BCUT2D eigenvalue weighted by molar-refractivity contribution is -0.192. The van der Waals surface area contributed by atoms with Crippen LogP contribution in [0.1, 0.15) is 18.7 Å². The van der Waals surface area contributed by atoms with E-state index in [1.165, 1.54) is 0 Å². The normalized spacial score (nSPS) is 16.2. The molecular formula is C21H24F5N9O4. The van der Waals surface area contributed by atoms with Crippen LogP contribution in [0, 0.1) is 11.6 Å². The zero-order valence-corrected chi connectivity index (χ0v) is 20.5. The smallest absolute Gasteiger partial charge is 0.475 e. The van der Waals surface area contributed by atoms with Crippen molar-refractivity contribution in [1.82, 2.24) is 29.5 Å². The van der Waals surface area contributed by atoms with Gasteiger partial charge in [-0.05, 0) is 6.92 Å². The van der Waals surface area contributed by atoms with Crippen LogP contribution in [-0.2, 0) is 16.6 Å². The molecule has 0 radical (unpaired) electrons. The number of hydrogen-bond acceptors (Lipinski definition) is 11. The number of morpholine rings is 1. The van der Waals surface area contributed by atoms with Crippen molar-refractivity contribution in [3.8, 4) is 0 Å². The van der Waals surface area contributed by atoms with Gasteiger partial charge in [0.05, 0.1) is 50.1 Å².